The van der Waals surface area contributed by atoms with Crippen molar-refractivity contribution in [3.8, 4) is 12.3 Å². The Kier molecular flexibility index (Phi) is 3.78. The van der Waals surface area contributed by atoms with Crippen molar-refractivity contribution in [1.29, 1.82) is 0 Å². The first-order chi connectivity index (χ1) is 6.24. The molecule has 0 spiro atoms. The molecule has 72 valence electrons. The average molecular weight is 180 g/mol. The monoisotopic (exact) mass is 180 g/mol. The van der Waals surface area contributed by atoms with Gasteiger partial charge in [-0.1, -0.05) is 5.92 Å². The molecule has 1 unspecified atom stereocenters. The topological polar surface area (TPSA) is 32.3 Å². The van der Waals surface area contributed by atoms with Crippen LogP contribution in [0.15, 0.2) is 0 Å². The Balaban J connectivity index is 2.24. The van der Waals surface area contributed by atoms with Gasteiger partial charge in [0.2, 0.25) is 5.91 Å². The van der Waals surface area contributed by atoms with Crippen molar-refractivity contribution in [2.45, 2.75) is 25.8 Å². The van der Waals surface area contributed by atoms with Crippen molar-refractivity contribution in [3.05, 3.63) is 0 Å². The van der Waals surface area contributed by atoms with Gasteiger partial charge in [0.15, 0.2) is 0 Å². The van der Waals surface area contributed by atoms with E-state index >= 15 is 0 Å². The average Bonchev–Trinajstić information content (AvgIpc) is 2.48. The van der Waals surface area contributed by atoms with Crippen LogP contribution in [-0.4, -0.2) is 36.5 Å². The van der Waals surface area contributed by atoms with E-state index in [0.29, 0.717) is 19.1 Å². The highest BCUT2D eigenvalue weighted by molar-refractivity contribution is 5.78. The fraction of sp³-hybridized carbons (Fsp3) is 0.700. The molecule has 0 saturated carbocycles. The summed E-state index contributed by atoms with van der Waals surface area (Å²) in [5.74, 6) is 2.42. The molecule has 3 heteroatoms. The Labute approximate surface area is 79.5 Å². The summed E-state index contributed by atoms with van der Waals surface area (Å²) in [5.41, 5.74) is 0. The fourth-order valence-electron chi connectivity index (χ4n) is 1.62. The molecule has 1 fully saturated rings. The van der Waals surface area contributed by atoms with Crippen LogP contribution in [0.4, 0.5) is 0 Å². The third-order valence-electron chi connectivity index (χ3n) is 2.42. The molecule has 1 rings (SSSR count). The van der Waals surface area contributed by atoms with Gasteiger partial charge in [0.1, 0.15) is 0 Å². The van der Waals surface area contributed by atoms with Crippen LogP contribution in [-0.2, 0) is 4.79 Å². The lowest BCUT2D eigenvalue weighted by Crippen LogP contribution is -2.38. The smallest absolute Gasteiger partial charge is 0.234 e. The number of terminal acetylenes is 1. The minimum absolute atomic E-state index is 0.0340. The van der Waals surface area contributed by atoms with Crippen molar-refractivity contribution in [2.24, 2.45) is 0 Å². The molecule has 1 saturated heterocycles. The highest BCUT2D eigenvalue weighted by atomic mass is 16.2. The first-order valence-electron chi connectivity index (χ1n) is 4.68. The molecule has 1 aliphatic heterocycles. The summed E-state index contributed by atoms with van der Waals surface area (Å²) in [6.45, 7) is 4.01. The van der Waals surface area contributed by atoms with E-state index in [9.17, 15) is 4.79 Å². The van der Waals surface area contributed by atoms with E-state index in [2.05, 4.69) is 23.1 Å². The van der Waals surface area contributed by atoms with Crippen molar-refractivity contribution in [2.75, 3.05) is 19.6 Å². The molecule has 1 N–H and O–H groups in total. The Morgan fingerprint density at radius 3 is 3.08 bits per heavy atom. The molecule has 13 heavy (non-hydrogen) atoms. The molecule has 0 aromatic heterocycles. The molecule has 0 aromatic rings. The Morgan fingerprint density at radius 1 is 1.77 bits per heavy atom. The molecule has 1 atom stereocenters. The van der Waals surface area contributed by atoms with Gasteiger partial charge in [0.25, 0.3) is 0 Å². The maximum absolute atomic E-state index is 11.3. The molecule has 1 aliphatic rings. The van der Waals surface area contributed by atoms with Crippen LogP contribution in [0.25, 0.3) is 0 Å². The van der Waals surface area contributed by atoms with Gasteiger partial charge in [-0.15, -0.1) is 6.42 Å². The summed E-state index contributed by atoms with van der Waals surface area (Å²) in [7, 11) is 0. The third-order valence-corrected chi connectivity index (χ3v) is 2.42. The van der Waals surface area contributed by atoms with E-state index in [1.54, 1.807) is 0 Å². The van der Waals surface area contributed by atoms with E-state index in [-0.39, 0.29) is 5.91 Å². The summed E-state index contributed by atoms with van der Waals surface area (Å²) in [4.78, 5) is 13.4. The number of hydrogen-bond acceptors (Lipinski definition) is 2. The summed E-state index contributed by atoms with van der Waals surface area (Å²) in [6.07, 6.45) is 7.43. The quantitative estimate of drug-likeness (QED) is 0.630. The number of nitrogens with one attached hydrogen (secondary N) is 1. The summed E-state index contributed by atoms with van der Waals surface area (Å²) >= 11 is 0. The van der Waals surface area contributed by atoms with Gasteiger partial charge in [0, 0.05) is 6.04 Å². The van der Waals surface area contributed by atoms with Crippen molar-refractivity contribution < 1.29 is 4.79 Å². The van der Waals surface area contributed by atoms with Crippen LogP contribution >= 0.6 is 0 Å². The normalized spacial score (nSPS) is 22.6. The lowest BCUT2D eigenvalue weighted by Gasteiger charge is -2.19. The van der Waals surface area contributed by atoms with Crippen LogP contribution < -0.4 is 5.32 Å². The van der Waals surface area contributed by atoms with E-state index in [1.165, 1.54) is 12.8 Å². The zero-order valence-corrected chi connectivity index (χ0v) is 8.05. The maximum Gasteiger partial charge on any atom is 0.234 e. The SMILES string of the molecule is C#CCNC(=O)CN1CCCC1C. The second-order valence-electron chi connectivity index (χ2n) is 3.44. The molecule has 1 heterocycles. The summed E-state index contributed by atoms with van der Waals surface area (Å²) < 4.78 is 0. The largest absolute Gasteiger partial charge is 0.344 e. The number of likely N-dealkylation sites (tertiary alicyclic amines) is 1. The first-order valence-corrected chi connectivity index (χ1v) is 4.68. The van der Waals surface area contributed by atoms with Crippen LogP contribution in [0.2, 0.25) is 0 Å². The Hall–Kier alpha value is -1.01. The molecule has 0 bridgehead atoms. The maximum atomic E-state index is 11.3. The standard InChI is InChI=1S/C10H16N2O/c1-3-6-11-10(13)8-12-7-4-5-9(12)2/h1,9H,4-8H2,2H3,(H,11,13). The van der Waals surface area contributed by atoms with Crippen molar-refractivity contribution in [1.82, 2.24) is 10.2 Å². The molecule has 0 radical (unpaired) electrons. The second kappa shape index (κ2) is 4.88. The summed E-state index contributed by atoms with van der Waals surface area (Å²) in [6, 6.07) is 0.539. The van der Waals surface area contributed by atoms with Crippen LogP contribution in [0.1, 0.15) is 19.8 Å². The number of amides is 1. The minimum atomic E-state index is 0.0340. The number of hydrogen-bond donors (Lipinski definition) is 1. The highest BCUT2D eigenvalue weighted by Gasteiger charge is 2.21. The van der Waals surface area contributed by atoms with Gasteiger partial charge in [-0.3, -0.25) is 9.69 Å². The zero-order valence-electron chi connectivity index (χ0n) is 8.05. The van der Waals surface area contributed by atoms with Crippen LogP contribution in [0.3, 0.4) is 0 Å². The van der Waals surface area contributed by atoms with Gasteiger partial charge in [-0.25, -0.2) is 0 Å². The van der Waals surface area contributed by atoms with Gasteiger partial charge < -0.3 is 5.32 Å². The molecule has 0 aliphatic carbocycles. The van der Waals surface area contributed by atoms with Gasteiger partial charge in [-0.05, 0) is 26.3 Å². The minimum Gasteiger partial charge on any atom is -0.344 e. The van der Waals surface area contributed by atoms with E-state index in [4.69, 9.17) is 6.42 Å². The number of nitrogens with zero attached hydrogens (tertiary/aromatic N) is 1. The fourth-order valence-corrected chi connectivity index (χ4v) is 1.62. The molecule has 1 amide bonds. The lowest BCUT2D eigenvalue weighted by molar-refractivity contribution is -0.122. The predicted molar refractivity (Wildman–Crippen MR) is 52.1 cm³/mol. The van der Waals surface area contributed by atoms with Gasteiger partial charge in [-0.2, -0.15) is 0 Å². The van der Waals surface area contributed by atoms with E-state index in [1.807, 2.05) is 0 Å². The molecular weight excluding hydrogens is 164 g/mol. The Bertz CT molecular complexity index is 219. The Morgan fingerprint density at radius 2 is 2.54 bits per heavy atom. The van der Waals surface area contributed by atoms with Gasteiger partial charge in [0.05, 0.1) is 13.1 Å². The van der Waals surface area contributed by atoms with E-state index in [0.717, 1.165) is 6.54 Å². The molecular formula is C10H16N2O. The number of rotatable bonds is 3. The number of carbonyl (C=O) groups is 1. The summed E-state index contributed by atoms with van der Waals surface area (Å²) in [5, 5.41) is 2.66. The van der Waals surface area contributed by atoms with Crippen molar-refractivity contribution >= 4 is 5.91 Å². The molecule has 3 nitrogen and oxygen atoms in total. The lowest BCUT2D eigenvalue weighted by atomic mass is 10.2. The first kappa shape index (κ1) is 10.1. The second-order valence-corrected chi connectivity index (χ2v) is 3.44. The van der Waals surface area contributed by atoms with E-state index < -0.39 is 0 Å². The third kappa shape index (κ3) is 3.08. The number of carbonyl (C=O) groups excluding carboxylic acids is 1. The van der Waals surface area contributed by atoms with Gasteiger partial charge >= 0.3 is 0 Å². The zero-order chi connectivity index (χ0) is 9.68. The predicted octanol–water partition coefficient (Wildman–Crippen LogP) is 0.220. The highest BCUT2D eigenvalue weighted by Crippen LogP contribution is 2.15. The van der Waals surface area contributed by atoms with Crippen molar-refractivity contribution in [3.63, 3.8) is 0 Å². The van der Waals surface area contributed by atoms with Crippen LogP contribution in [0, 0.1) is 12.3 Å². The molecule has 0 aromatic carbocycles. The van der Waals surface area contributed by atoms with Crippen LogP contribution in [0.5, 0.6) is 0 Å².